The van der Waals surface area contributed by atoms with E-state index in [1.807, 2.05) is 6.92 Å². The van der Waals surface area contributed by atoms with E-state index in [0.717, 1.165) is 38.1 Å². The van der Waals surface area contributed by atoms with Crippen LogP contribution in [0.3, 0.4) is 0 Å². The number of aryl methyl sites for hydroxylation is 1. The number of hydrogen-bond acceptors (Lipinski definition) is 5. The maximum absolute atomic E-state index is 12.3. The predicted molar refractivity (Wildman–Crippen MR) is 82.6 cm³/mol. The van der Waals surface area contributed by atoms with Gasteiger partial charge in [-0.15, -0.1) is 0 Å². The van der Waals surface area contributed by atoms with Gasteiger partial charge in [-0.1, -0.05) is 6.92 Å². The first kappa shape index (κ1) is 15.6. The number of furan rings is 1. The van der Waals surface area contributed by atoms with Gasteiger partial charge < -0.3 is 9.73 Å². The number of carbonyl (C=O) groups is 1. The van der Waals surface area contributed by atoms with Gasteiger partial charge in [0.25, 0.3) is 5.91 Å². The van der Waals surface area contributed by atoms with E-state index in [2.05, 4.69) is 10.2 Å². The lowest BCUT2D eigenvalue weighted by molar-refractivity contribution is 0.0889. The first-order valence-electron chi connectivity index (χ1n) is 7.82. The molecule has 2 saturated heterocycles. The Morgan fingerprint density at radius 2 is 2.05 bits per heavy atom. The van der Waals surface area contributed by atoms with Gasteiger partial charge in [-0.25, -0.2) is 8.42 Å². The number of amides is 1. The molecule has 1 N–H and O–H groups in total. The van der Waals surface area contributed by atoms with Crippen molar-refractivity contribution in [1.29, 1.82) is 0 Å². The highest BCUT2D eigenvalue weighted by Crippen LogP contribution is 2.23. The molecular weight excluding hydrogens is 304 g/mol. The largest absolute Gasteiger partial charge is 0.456 e. The summed E-state index contributed by atoms with van der Waals surface area (Å²) in [4.78, 5) is 14.5. The van der Waals surface area contributed by atoms with E-state index in [4.69, 9.17) is 4.42 Å². The maximum atomic E-state index is 12.3. The lowest BCUT2D eigenvalue weighted by Crippen LogP contribution is -2.50. The van der Waals surface area contributed by atoms with Gasteiger partial charge in [-0.05, 0) is 38.1 Å². The fourth-order valence-electron chi connectivity index (χ4n) is 3.33. The Labute approximate surface area is 130 Å². The normalized spacial score (nSPS) is 28.0. The van der Waals surface area contributed by atoms with Crippen LogP contribution in [0.5, 0.6) is 0 Å². The van der Waals surface area contributed by atoms with Crippen LogP contribution < -0.4 is 5.32 Å². The summed E-state index contributed by atoms with van der Waals surface area (Å²) in [6.45, 7) is 3.77. The Balaban J connectivity index is 1.72. The molecule has 2 atom stereocenters. The number of likely N-dealkylation sites (tertiary alicyclic amines) is 1. The predicted octanol–water partition coefficient (Wildman–Crippen LogP) is 0.833. The Hall–Kier alpha value is -1.34. The van der Waals surface area contributed by atoms with Gasteiger partial charge in [0.1, 0.15) is 5.76 Å². The van der Waals surface area contributed by atoms with Crippen molar-refractivity contribution < 1.29 is 17.6 Å². The molecule has 2 fully saturated rings. The van der Waals surface area contributed by atoms with Gasteiger partial charge >= 0.3 is 0 Å². The van der Waals surface area contributed by atoms with Gasteiger partial charge in [-0.3, -0.25) is 9.69 Å². The number of carbonyl (C=O) groups excluding carboxylic acids is 1. The molecule has 0 aliphatic carbocycles. The lowest BCUT2D eigenvalue weighted by atomic mass is 10.1. The Kier molecular flexibility index (Phi) is 4.27. The van der Waals surface area contributed by atoms with Crippen LogP contribution in [0.1, 0.15) is 36.1 Å². The molecule has 0 unspecified atom stereocenters. The van der Waals surface area contributed by atoms with Crippen LogP contribution in [0.2, 0.25) is 0 Å². The van der Waals surface area contributed by atoms with Gasteiger partial charge in [0.05, 0.1) is 17.5 Å². The first-order chi connectivity index (χ1) is 10.5. The molecule has 6 nitrogen and oxygen atoms in total. The molecule has 122 valence electrons. The van der Waals surface area contributed by atoms with Crippen LogP contribution in [0.15, 0.2) is 16.5 Å². The molecule has 0 aromatic carbocycles. The van der Waals surface area contributed by atoms with Crippen LogP contribution in [0, 0.1) is 0 Å². The van der Waals surface area contributed by atoms with Crippen molar-refractivity contribution in [3.05, 3.63) is 23.7 Å². The van der Waals surface area contributed by atoms with Crippen molar-refractivity contribution in [3.63, 3.8) is 0 Å². The summed E-state index contributed by atoms with van der Waals surface area (Å²) >= 11 is 0. The quantitative estimate of drug-likeness (QED) is 0.887. The third-order valence-corrected chi connectivity index (χ3v) is 6.20. The molecule has 0 bridgehead atoms. The Morgan fingerprint density at radius 1 is 1.32 bits per heavy atom. The third-order valence-electron chi connectivity index (χ3n) is 4.48. The summed E-state index contributed by atoms with van der Waals surface area (Å²) < 4.78 is 29.4. The van der Waals surface area contributed by atoms with Crippen molar-refractivity contribution in [1.82, 2.24) is 10.2 Å². The van der Waals surface area contributed by atoms with Gasteiger partial charge in [0.15, 0.2) is 15.6 Å². The monoisotopic (exact) mass is 326 g/mol. The highest BCUT2D eigenvalue weighted by atomic mass is 32.2. The van der Waals surface area contributed by atoms with Crippen LogP contribution >= 0.6 is 0 Å². The molecular formula is C15H22N2O4S. The van der Waals surface area contributed by atoms with E-state index in [9.17, 15) is 13.2 Å². The average Bonchev–Trinajstić information content (AvgIpc) is 3.17. The van der Waals surface area contributed by atoms with Crippen molar-refractivity contribution >= 4 is 15.7 Å². The summed E-state index contributed by atoms with van der Waals surface area (Å²) in [5.74, 6) is 0.824. The van der Waals surface area contributed by atoms with E-state index in [-0.39, 0.29) is 35.3 Å². The SMILES string of the molecule is CCc1ccc(C(=O)N[C@H]2CS(=O)(=O)C[C@H]2N2CCCC2)o1. The molecule has 22 heavy (non-hydrogen) atoms. The third kappa shape index (κ3) is 3.20. The molecule has 0 radical (unpaired) electrons. The van der Waals surface area contributed by atoms with E-state index < -0.39 is 9.84 Å². The molecule has 3 rings (SSSR count). The van der Waals surface area contributed by atoms with Crippen LogP contribution in [0.4, 0.5) is 0 Å². The van der Waals surface area contributed by atoms with E-state index >= 15 is 0 Å². The highest BCUT2D eigenvalue weighted by molar-refractivity contribution is 7.91. The van der Waals surface area contributed by atoms with Crippen molar-refractivity contribution in [2.45, 2.75) is 38.3 Å². The van der Waals surface area contributed by atoms with Crippen molar-refractivity contribution in [2.24, 2.45) is 0 Å². The van der Waals surface area contributed by atoms with Crippen molar-refractivity contribution in [2.75, 3.05) is 24.6 Å². The molecule has 7 heteroatoms. The summed E-state index contributed by atoms with van der Waals surface area (Å²) in [7, 11) is -3.10. The number of nitrogens with one attached hydrogen (secondary N) is 1. The minimum Gasteiger partial charge on any atom is -0.456 e. The zero-order chi connectivity index (χ0) is 15.7. The second-order valence-electron chi connectivity index (χ2n) is 6.09. The summed E-state index contributed by atoms with van der Waals surface area (Å²) in [6, 6.07) is 2.95. The lowest BCUT2D eigenvalue weighted by Gasteiger charge is -2.28. The highest BCUT2D eigenvalue weighted by Gasteiger charge is 2.42. The molecule has 1 amide bonds. The Morgan fingerprint density at radius 3 is 2.68 bits per heavy atom. The van der Waals surface area contributed by atoms with Gasteiger partial charge in [0, 0.05) is 12.5 Å². The van der Waals surface area contributed by atoms with Crippen LogP contribution in [0.25, 0.3) is 0 Å². The minimum atomic E-state index is -3.10. The molecule has 0 saturated carbocycles. The number of hydrogen-bond donors (Lipinski definition) is 1. The zero-order valence-electron chi connectivity index (χ0n) is 12.7. The summed E-state index contributed by atoms with van der Waals surface area (Å²) in [5, 5.41) is 2.86. The summed E-state index contributed by atoms with van der Waals surface area (Å²) in [5.41, 5.74) is 0. The topological polar surface area (TPSA) is 79.6 Å². The maximum Gasteiger partial charge on any atom is 0.287 e. The standard InChI is InChI=1S/C15H22N2O4S/c1-2-11-5-6-14(21-11)15(18)16-12-9-22(19,20)10-13(12)17-7-3-4-8-17/h5-6,12-13H,2-4,7-10H2,1H3,(H,16,18)/t12-,13+/m0/s1. The van der Waals surface area contributed by atoms with Gasteiger partial charge in [0.2, 0.25) is 0 Å². The minimum absolute atomic E-state index is 0.0151. The smallest absolute Gasteiger partial charge is 0.287 e. The number of sulfone groups is 1. The van der Waals surface area contributed by atoms with Crippen LogP contribution in [-0.4, -0.2) is 55.9 Å². The number of nitrogens with zero attached hydrogens (tertiary/aromatic N) is 1. The Bertz CT molecular complexity index is 646. The zero-order valence-corrected chi connectivity index (χ0v) is 13.6. The fourth-order valence-corrected chi connectivity index (χ4v) is 5.28. The molecule has 1 aromatic rings. The van der Waals surface area contributed by atoms with Crippen molar-refractivity contribution in [3.8, 4) is 0 Å². The second-order valence-corrected chi connectivity index (χ2v) is 8.24. The molecule has 2 aliphatic rings. The van der Waals surface area contributed by atoms with Gasteiger partial charge in [-0.2, -0.15) is 0 Å². The molecule has 0 spiro atoms. The van der Waals surface area contributed by atoms with E-state index in [0.29, 0.717) is 0 Å². The molecule has 1 aromatic heterocycles. The fraction of sp³-hybridized carbons (Fsp3) is 0.667. The molecule has 2 aliphatic heterocycles. The second kappa shape index (κ2) is 6.04. The number of rotatable bonds is 4. The first-order valence-corrected chi connectivity index (χ1v) is 9.64. The average molecular weight is 326 g/mol. The summed E-state index contributed by atoms with van der Waals surface area (Å²) in [6.07, 6.45) is 2.91. The van der Waals surface area contributed by atoms with E-state index in [1.165, 1.54) is 0 Å². The van der Waals surface area contributed by atoms with E-state index in [1.54, 1.807) is 12.1 Å². The molecule has 3 heterocycles. The van der Waals surface area contributed by atoms with Crippen LogP contribution in [-0.2, 0) is 16.3 Å².